The molecule has 0 heterocycles. The highest BCUT2D eigenvalue weighted by molar-refractivity contribution is 9.10. The van der Waals surface area contributed by atoms with Gasteiger partial charge in [-0.3, -0.25) is 9.59 Å². The first-order chi connectivity index (χ1) is 8.99. The highest BCUT2D eigenvalue weighted by Crippen LogP contribution is 2.19. The van der Waals surface area contributed by atoms with Crippen LogP contribution in [0.15, 0.2) is 22.7 Å². The summed E-state index contributed by atoms with van der Waals surface area (Å²) in [6, 6.07) is 5.02. The van der Waals surface area contributed by atoms with Crippen molar-refractivity contribution in [2.24, 2.45) is 0 Å². The maximum atomic E-state index is 11.8. The molecule has 0 unspecified atom stereocenters. The van der Waals surface area contributed by atoms with Gasteiger partial charge >= 0.3 is 5.97 Å². The zero-order valence-corrected chi connectivity index (χ0v) is 12.6. The summed E-state index contributed by atoms with van der Waals surface area (Å²) in [4.78, 5) is 22.1. The molecule has 1 aromatic rings. The SMILES string of the molecule is O=C(O)CCCCCNC(=O)c1cc(Cl)cc(Br)c1. The molecule has 0 spiro atoms. The minimum atomic E-state index is -0.784. The van der Waals surface area contributed by atoms with Crippen LogP contribution in [0, 0.1) is 0 Å². The first-order valence-electron chi connectivity index (χ1n) is 5.95. The van der Waals surface area contributed by atoms with Gasteiger partial charge in [0.1, 0.15) is 0 Å². The molecule has 2 N–H and O–H groups in total. The number of carbonyl (C=O) groups excluding carboxylic acids is 1. The molecule has 104 valence electrons. The number of carboxylic acids is 1. The quantitative estimate of drug-likeness (QED) is 0.741. The number of halogens is 2. The summed E-state index contributed by atoms with van der Waals surface area (Å²) in [5, 5.41) is 11.7. The Balaban J connectivity index is 2.29. The van der Waals surface area contributed by atoms with Crippen LogP contribution >= 0.6 is 27.5 Å². The van der Waals surface area contributed by atoms with Crippen molar-refractivity contribution in [1.29, 1.82) is 0 Å². The summed E-state index contributed by atoms with van der Waals surface area (Å²) in [5.41, 5.74) is 0.505. The first-order valence-corrected chi connectivity index (χ1v) is 7.12. The number of hydrogen-bond acceptors (Lipinski definition) is 2. The van der Waals surface area contributed by atoms with Crippen LogP contribution in [0.2, 0.25) is 5.02 Å². The lowest BCUT2D eigenvalue weighted by Crippen LogP contribution is -2.24. The van der Waals surface area contributed by atoms with E-state index in [9.17, 15) is 9.59 Å². The molecule has 0 bridgehead atoms. The molecule has 19 heavy (non-hydrogen) atoms. The van der Waals surface area contributed by atoms with Crippen molar-refractivity contribution in [1.82, 2.24) is 5.32 Å². The highest BCUT2D eigenvalue weighted by atomic mass is 79.9. The van der Waals surface area contributed by atoms with Gasteiger partial charge in [-0.05, 0) is 31.0 Å². The van der Waals surface area contributed by atoms with E-state index in [4.69, 9.17) is 16.7 Å². The van der Waals surface area contributed by atoms with Crippen LogP contribution in [0.25, 0.3) is 0 Å². The predicted octanol–water partition coefficient (Wildman–Crippen LogP) is 3.48. The third-order valence-corrected chi connectivity index (χ3v) is 3.15. The van der Waals surface area contributed by atoms with Crippen molar-refractivity contribution in [3.8, 4) is 0 Å². The second-order valence-electron chi connectivity index (χ2n) is 4.12. The fourth-order valence-corrected chi connectivity index (χ4v) is 2.43. The van der Waals surface area contributed by atoms with Crippen molar-refractivity contribution in [2.75, 3.05) is 6.54 Å². The van der Waals surface area contributed by atoms with E-state index in [1.54, 1.807) is 18.2 Å². The van der Waals surface area contributed by atoms with Crippen molar-refractivity contribution in [3.05, 3.63) is 33.3 Å². The van der Waals surface area contributed by atoms with E-state index in [1.807, 2.05) is 0 Å². The number of hydrogen-bond donors (Lipinski definition) is 2. The van der Waals surface area contributed by atoms with Gasteiger partial charge in [0.2, 0.25) is 0 Å². The van der Waals surface area contributed by atoms with Crippen LogP contribution in [0.5, 0.6) is 0 Å². The predicted molar refractivity (Wildman–Crippen MR) is 77.6 cm³/mol. The van der Waals surface area contributed by atoms with Gasteiger partial charge in [-0.1, -0.05) is 34.0 Å². The number of amides is 1. The molecule has 0 fully saturated rings. The van der Waals surface area contributed by atoms with Gasteiger partial charge < -0.3 is 10.4 Å². The molecule has 1 aromatic carbocycles. The molecule has 1 rings (SSSR count). The number of carbonyl (C=O) groups is 2. The van der Waals surface area contributed by atoms with Crippen molar-refractivity contribution >= 4 is 39.4 Å². The summed E-state index contributed by atoms with van der Waals surface area (Å²) in [5.74, 6) is -0.964. The topological polar surface area (TPSA) is 66.4 Å². The van der Waals surface area contributed by atoms with Gasteiger partial charge in [-0.2, -0.15) is 0 Å². The lowest BCUT2D eigenvalue weighted by molar-refractivity contribution is -0.137. The number of carboxylic acid groups (broad SMARTS) is 1. The molecule has 0 atom stereocenters. The van der Waals surface area contributed by atoms with Gasteiger partial charge in [-0.15, -0.1) is 0 Å². The number of nitrogens with one attached hydrogen (secondary N) is 1. The molecule has 0 aliphatic rings. The Bertz CT molecular complexity index is 445. The maximum absolute atomic E-state index is 11.8. The van der Waals surface area contributed by atoms with Crippen LogP contribution in [0.4, 0.5) is 0 Å². The molecule has 0 radical (unpaired) electrons. The van der Waals surface area contributed by atoms with Crippen LogP contribution < -0.4 is 5.32 Å². The zero-order chi connectivity index (χ0) is 14.3. The third-order valence-electron chi connectivity index (χ3n) is 2.48. The van der Waals surface area contributed by atoms with E-state index in [0.717, 1.165) is 17.3 Å². The van der Waals surface area contributed by atoms with E-state index in [1.165, 1.54) is 0 Å². The monoisotopic (exact) mass is 347 g/mol. The minimum Gasteiger partial charge on any atom is -0.481 e. The van der Waals surface area contributed by atoms with Crippen molar-refractivity contribution < 1.29 is 14.7 Å². The maximum Gasteiger partial charge on any atom is 0.303 e. The third kappa shape index (κ3) is 6.59. The number of rotatable bonds is 7. The summed E-state index contributed by atoms with van der Waals surface area (Å²) < 4.78 is 0.756. The lowest BCUT2D eigenvalue weighted by Gasteiger charge is -2.06. The molecule has 0 aliphatic carbocycles. The van der Waals surface area contributed by atoms with E-state index in [0.29, 0.717) is 23.6 Å². The number of benzene rings is 1. The Morgan fingerprint density at radius 1 is 1.21 bits per heavy atom. The molecular formula is C13H15BrClNO3. The molecular weight excluding hydrogens is 334 g/mol. The zero-order valence-electron chi connectivity index (χ0n) is 10.3. The molecule has 0 saturated heterocycles. The summed E-state index contributed by atoms with van der Waals surface area (Å²) in [7, 11) is 0. The average molecular weight is 349 g/mol. The van der Waals surface area contributed by atoms with Gasteiger partial charge in [0.25, 0.3) is 5.91 Å². The Hall–Kier alpha value is -1.07. The Morgan fingerprint density at radius 3 is 2.58 bits per heavy atom. The second-order valence-corrected chi connectivity index (χ2v) is 5.47. The summed E-state index contributed by atoms with van der Waals surface area (Å²) in [6.07, 6.45) is 2.36. The Labute approximate surface area is 125 Å². The number of unbranched alkanes of at least 4 members (excludes halogenated alkanes) is 2. The Kier molecular flexibility index (Phi) is 6.87. The van der Waals surface area contributed by atoms with Gasteiger partial charge in [0, 0.05) is 28.0 Å². The van der Waals surface area contributed by atoms with Crippen LogP contribution in [0.3, 0.4) is 0 Å². The molecule has 6 heteroatoms. The Morgan fingerprint density at radius 2 is 1.95 bits per heavy atom. The van der Waals surface area contributed by atoms with E-state index >= 15 is 0 Å². The van der Waals surface area contributed by atoms with Gasteiger partial charge in [0.15, 0.2) is 0 Å². The lowest BCUT2D eigenvalue weighted by atomic mass is 10.2. The molecule has 0 aromatic heterocycles. The van der Waals surface area contributed by atoms with Crippen molar-refractivity contribution in [2.45, 2.75) is 25.7 Å². The number of aliphatic carboxylic acids is 1. The smallest absolute Gasteiger partial charge is 0.303 e. The highest BCUT2D eigenvalue weighted by Gasteiger charge is 2.07. The summed E-state index contributed by atoms with van der Waals surface area (Å²) >= 11 is 9.14. The summed E-state index contributed by atoms with van der Waals surface area (Å²) in [6.45, 7) is 0.530. The first kappa shape index (κ1) is 16.0. The second kappa shape index (κ2) is 8.17. The molecule has 0 aliphatic heterocycles. The van der Waals surface area contributed by atoms with E-state index in [2.05, 4.69) is 21.2 Å². The minimum absolute atomic E-state index is 0.176. The normalized spacial score (nSPS) is 10.2. The molecule has 0 saturated carbocycles. The fourth-order valence-electron chi connectivity index (χ4n) is 1.57. The molecule has 4 nitrogen and oxygen atoms in total. The molecule has 1 amide bonds. The fraction of sp³-hybridized carbons (Fsp3) is 0.385. The van der Waals surface area contributed by atoms with Gasteiger partial charge in [-0.25, -0.2) is 0 Å². The standard InChI is InChI=1S/C13H15BrClNO3/c14-10-6-9(7-11(15)8-10)13(19)16-5-3-1-2-4-12(17)18/h6-8H,1-5H2,(H,16,19)(H,17,18). The van der Waals surface area contributed by atoms with Crippen LogP contribution in [-0.4, -0.2) is 23.5 Å². The van der Waals surface area contributed by atoms with E-state index < -0.39 is 5.97 Å². The average Bonchev–Trinajstić information content (AvgIpc) is 2.31. The van der Waals surface area contributed by atoms with Crippen LogP contribution in [0.1, 0.15) is 36.0 Å². The largest absolute Gasteiger partial charge is 0.481 e. The van der Waals surface area contributed by atoms with E-state index in [-0.39, 0.29) is 12.3 Å². The van der Waals surface area contributed by atoms with Crippen LogP contribution in [-0.2, 0) is 4.79 Å². The van der Waals surface area contributed by atoms with Crippen molar-refractivity contribution in [3.63, 3.8) is 0 Å². The van der Waals surface area contributed by atoms with Gasteiger partial charge in [0.05, 0.1) is 0 Å².